The standard InChI is InChI=1S/C6H12OS.C2H4O2/c1-3-6(5-7)8-4-2;1-2(3)4/h5-6H,3-4H2,1-2H3;1H3,(H,3,4). The van der Waals surface area contributed by atoms with E-state index in [-0.39, 0.29) is 5.25 Å². The number of carboxylic acid groups (broad SMARTS) is 1. The Hall–Kier alpha value is -0.510. The Morgan fingerprint density at radius 3 is 2.08 bits per heavy atom. The molecule has 0 radical (unpaired) electrons. The van der Waals surface area contributed by atoms with E-state index in [9.17, 15) is 4.79 Å². The van der Waals surface area contributed by atoms with Crippen LogP contribution < -0.4 is 0 Å². The number of carbonyl (C=O) groups is 2. The van der Waals surface area contributed by atoms with Crippen LogP contribution in [0.25, 0.3) is 0 Å². The number of hydrogen-bond donors (Lipinski definition) is 1. The fraction of sp³-hybridized carbons (Fsp3) is 0.750. The van der Waals surface area contributed by atoms with Crippen molar-refractivity contribution in [2.24, 2.45) is 0 Å². The summed E-state index contributed by atoms with van der Waals surface area (Å²) in [6.45, 7) is 5.18. The monoisotopic (exact) mass is 192 g/mol. The Morgan fingerprint density at radius 2 is 2.00 bits per heavy atom. The lowest BCUT2D eigenvalue weighted by atomic mass is 10.4. The Bertz CT molecular complexity index is 121. The molecule has 0 rings (SSSR count). The topological polar surface area (TPSA) is 54.4 Å². The van der Waals surface area contributed by atoms with Crippen molar-refractivity contribution in [2.45, 2.75) is 32.4 Å². The molecule has 0 aromatic carbocycles. The molecule has 0 spiro atoms. The molecule has 1 N–H and O–H groups in total. The van der Waals surface area contributed by atoms with Crippen LogP contribution in [0.4, 0.5) is 0 Å². The molecule has 0 aliphatic heterocycles. The molecule has 4 heteroatoms. The van der Waals surface area contributed by atoms with Crippen molar-refractivity contribution in [1.82, 2.24) is 0 Å². The van der Waals surface area contributed by atoms with Crippen LogP contribution in [0.1, 0.15) is 27.2 Å². The highest BCUT2D eigenvalue weighted by atomic mass is 32.2. The Kier molecular flexibility index (Phi) is 12.3. The summed E-state index contributed by atoms with van der Waals surface area (Å²) in [4.78, 5) is 19.1. The fourth-order valence-corrected chi connectivity index (χ4v) is 1.21. The van der Waals surface area contributed by atoms with Gasteiger partial charge in [-0.05, 0) is 12.2 Å². The maximum absolute atomic E-state index is 10.1. The molecule has 1 unspecified atom stereocenters. The van der Waals surface area contributed by atoms with Gasteiger partial charge in [0.25, 0.3) is 5.97 Å². The number of aliphatic carboxylic acids is 1. The summed E-state index contributed by atoms with van der Waals surface area (Å²) in [5.41, 5.74) is 0. The van der Waals surface area contributed by atoms with Gasteiger partial charge >= 0.3 is 0 Å². The normalized spacial score (nSPS) is 10.9. The molecule has 0 aliphatic carbocycles. The fourth-order valence-electron chi connectivity index (χ4n) is 0.467. The first-order chi connectivity index (χ1) is 5.58. The van der Waals surface area contributed by atoms with Gasteiger partial charge in [0.2, 0.25) is 0 Å². The summed E-state index contributed by atoms with van der Waals surface area (Å²) in [6.07, 6.45) is 1.98. The van der Waals surface area contributed by atoms with Gasteiger partial charge in [0, 0.05) is 6.92 Å². The van der Waals surface area contributed by atoms with Crippen molar-refractivity contribution in [3.05, 3.63) is 0 Å². The lowest BCUT2D eigenvalue weighted by Crippen LogP contribution is -2.01. The zero-order valence-electron chi connectivity index (χ0n) is 7.74. The van der Waals surface area contributed by atoms with Crippen LogP contribution >= 0.6 is 11.8 Å². The van der Waals surface area contributed by atoms with E-state index >= 15 is 0 Å². The lowest BCUT2D eigenvalue weighted by Gasteiger charge is -2.01. The zero-order valence-corrected chi connectivity index (χ0v) is 8.56. The summed E-state index contributed by atoms with van der Waals surface area (Å²) in [5.74, 6) is 0.206. The second-order valence-corrected chi connectivity index (χ2v) is 3.57. The van der Waals surface area contributed by atoms with Gasteiger partial charge in [-0.25, -0.2) is 0 Å². The van der Waals surface area contributed by atoms with E-state index in [1.165, 1.54) is 0 Å². The van der Waals surface area contributed by atoms with Gasteiger partial charge in [-0.2, -0.15) is 11.8 Å². The second-order valence-electron chi connectivity index (χ2n) is 2.06. The largest absolute Gasteiger partial charge is 0.481 e. The van der Waals surface area contributed by atoms with E-state index in [2.05, 4.69) is 6.92 Å². The Labute approximate surface area is 77.5 Å². The van der Waals surface area contributed by atoms with Crippen LogP contribution in [0.3, 0.4) is 0 Å². The molecular formula is C8H16O3S. The van der Waals surface area contributed by atoms with Gasteiger partial charge in [-0.3, -0.25) is 4.79 Å². The highest BCUT2D eigenvalue weighted by Gasteiger charge is 2.00. The Morgan fingerprint density at radius 1 is 1.58 bits per heavy atom. The molecule has 0 aromatic heterocycles. The van der Waals surface area contributed by atoms with Crippen molar-refractivity contribution < 1.29 is 14.7 Å². The molecule has 0 fully saturated rings. The maximum Gasteiger partial charge on any atom is 0.300 e. The van der Waals surface area contributed by atoms with Gasteiger partial charge < -0.3 is 9.90 Å². The molecule has 1 atom stereocenters. The first-order valence-corrected chi connectivity index (χ1v) is 4.89. The third-order valence-electron chi connectivity index (χ3n) is 0.935. The molecule has 72 valence electrons. The van der Waals surface area contributed by atoms with Crippen molar-refractivity contribution in [2.75, 3.05) is 5.75 Å². The van der Waals surface area contributed by atoms with Crippen LogP contribution in [0.2, 0.25) is 0 Å². The third kappa shape index (κ3) is 16.2. The molecule has 0 heterocycles. The molecule has 0 aliphatic rings. The molecule has 0 saturated carbocycles. The smallest absolute Gasteiger partial charge is 0.300 e. The predicted octanol–water partition coefficient (Wildman–Crippen LogP) is 1.81. The van der Waals surface area contributed by atoms with E-state index in [1.54, 1.807) is 11.8 Å². The average Bonchev–Trinajstić information content (AvgIpc) is 1.99. The summed E-state index contributed by atoms with van der Waals surface area (Å²) < 4.78 is 0. The highest BCUT2D eigenvalue weighted by molar-refractivity contribution is 8.00. The SMILES string of the molecule is CC(=O)O.CCSC(C=O)CC. The molecular weight excluding hydrogens is 176 g/mol. The summed E-state index contributed by atoms with van der Waals surface area (Å²) >= 11 is 1.71. The van der Waals surface area contributed by atoms with Crippen LogP contribution in [0.5, 0.6) is 0 Å². The third-order valence-corrected chi connectivity index (χ3v) is 2.14. The van der Waals surface area contributed by atoms with E-state index in [4.69, 9.17) is 9.90 Å². The molecule has 0 amide bonds. The van der Waals surface area contributed by atoms with Gasteiger partial charge in [0.05, 0.1) is 5.25 Å². The minimum atomic E-state index is -0.833. The van der Waals surface area contributed by atoms with E-state index < -0.39 is 5.97 Å². The number of carboxylic acids is 1. The second kappa shape index (κ2) is 10.5. The minimum Gasteiger partial charge on any atom is -0.481 e. The van der Waals surface area contributed by atoms with Crippen molar-refractivity contribution >= 4 is 24.0 Å². The highest BCUT2D eigenvalue weighted by Crippen LogP contribution is 2.09. The lowest BCUT2D eigenvalue weighted by molar-refractivity contribution is -0.134. The van der Waals surface area contributed by atoms with Gasteiger partial charge in [-0.1, -0.05) is 13.8 Å². The molecule has 3 nitrogen and oxygen atoms in total. The van der Waals surface area contributed by atoms with Crippen molar-refractivity contribution in [3.8, 4) is 0 Å². The number of rotatable bonds is 4. The molecule has 0 bridgehead atoms. The first-order valence-electron chi connectivity index (χ1n) is 3.84. The molecule has 0 aromatic rings. The van der Waals surface area contributed by atoms with E-state index in [0.29, 0.717) is 0 Å². The van der Waals surface area contributed by atoms with Gasteiger partial charge in [0.15, 0.2) is 0 Å². The number of aldehydes is 1. The van der Waals surface area contributed by atoms with Gasteiger partial charge in [-0.15, -0.1) is 0 Å². The van der Waals surface area contributed by atoms with Crippen LogP contribution in [0.15, 0.2) is 0 Å². The van der Waals surface area contributed by atoms with Gasteiger partial charge in [0.1, 0.15) is 6.29 Å². The number of carbonyl (C=O) groups excluding carboxylic acids is 1. The quantitative estimate of drug-likeness (QED) is 0.690. The summed E-state index contributed by atoms with van der Waals surface area (Å²) in [7, 11) is 0. The Balaban J connectivity index is 0. The first kappa shape index (κ1) is 14.0. The molecule has 0 saturated heterocycles. The average molecular weight is 192 g/mol. The molecule has 12 heavy (non-hydrogen) atoms. The number of thioether (sulfide) groups is 1. The van der Waals surface area contributed by atoms with Crippen LogP contribution in [-0.4, -0.2) is 28.4 Å². The van der Waals surface area contributed by atoms with Crippen molar-refractivity contribution in [1.29, 1.82) is 0 Å². The minimum absolute atomic E-state index is 0.236. The predicted molar refractivity (Wildman–Crippen MR) is 51.6 cm³/mol. The van der Waals surface area contributed by atoms with E-state index in [0.717, 1.165) is 25.4 Å². The summed E-state index contributed by atoms with van der Waals surface area (Å²) in [6, 6.07) is 0. The maximum atomic E-state index is 10.1. The van der Waals surface area contributed by atoms with E-state index in [1.807, 2.05) is 6.92 Å². The van der Waals surface area contributed by atoms with Crippen LogP contribution in [0, 0.1) is 0 Å². The number of hydrogen-bond acceptors (Lipinski definition) is 3. The summed E-state index contributed by atoms with van der Waals surface area (Å²) in [5, 5.41) is 7.65. The van der Waals surface area contributed by atoms with Crippen molar-refractivity contribution in [3.63, 3.8) is 0 Å². The zero-order chi connectivity index (χ0) is 9.98. The van der Waals surface area contributed by atoms with Crippen LogP contribution in [-0.2, 0) is 9.59 Å².